The highest BCUT2D eigenvalue weighted by molar-refractivity contribution is 4.67. The Hall–Kier alpha value is -0.120. The Morgan fingerprint density at radius 1 is 1.20 bits per heavy atom. The first-order valence-corrected chi connectivity index (χ1v) is 5.99. The van der Waals surface area contributed by atoms with E-state index in [1.165, 1.54) is 0 Å². The first-order valence-electron chi connectivity index (χ1n) is 5.99. The molecule has 0 aliphatic carbocycles. The zero-order valence-electron chi connectivity index (χ0n) is 10.3. The molecule has 0 spiro atoms. The van der Waals surface area contributed by atoms with E-state index >= 15 is 0 Å². The largest absolute Gasteiger partial charge is 0.381 e. The van der Waals surface area contributed by atoms with Gasteiger partial charge >= 0.3 is 0 Å². The molecule has 3 nitrogen and oxygen atoms in total. The molecular weight excluding hydrogens is 192 g/mol. The van der Waals surface area contributed by atoms with E-state index in [-0.39, 0.29) is 5.79 Å². The quantitative estimate of drug-likeness (QED) is 0.639. The molecule has 15 heavy (non-hydrogen) atoms. The average Bonchev–Trinajstić information content (AvgIpc) is 2.20. The molecule has 1 saturated heterocycles. The van der Waals surface area contributed by atoms with Crippen LogP contribution in [0.1, 0.15) is 40.0 Å². The van der Waals surface area contributed by atoms with Crippen LogP contribution in [0.3, 0.4) is 0 Å². The Morgan fingerprint density at radius 2 is 1.87 bits per heavy atom. The van der Waals surface area contributed by atoms with Crippen molar-refractivity contribution < 1.29 is 14.2 Å². The average molecular weight is 216 g/mol. The molecule has 1 fully saturated rings. The minimum absolute atomic E-state index is 0.380. The topological polar surface area (TPSA) is 27.7 Å². The van der Waals surface area contributed by atoms with Gasteiger partial charge in [-0.3, -0.25) is 0 Å². The smallest absolute Gasteiger partial charge is 0.162 e. The maximum atomic E-state index is 5.59. The van der Waals surface area contributed by atoms with Gasteiger partial charge in [0.25, 0.3) is 0 Å². The monoisotopic (exact) mass is 216 g/mol. The Morgan fingerprint density at radius 3 is 2.47 bits per heavy atom. The van der Waals surface area contributed by atoms with Gasteiger partial charge in [-0.05, 0) is 33.1 Å². The maximum absolute atomic E-state index is 5.59. The second-order valence-electron chi connectivity index (χ2n) is 4.64. The van der Waals surface area contributed by atoms with Crippen LogP contribution in [0, 0.1) is 5.92 Å². The highest BCUT2D eigenvalue weighted by Crippen LogP contribution is 2.22. The van der Waals surface area contributed by atoms with Gasteiger partial charge in [0.2, 0.25) is 0 Å². The molecular formula is C12H24O3. The third kappa shape index (κ3) is 5.50. The van der Waals surface area contributed by atoms with Gasteiger partial charge < -0.3 is 14.2 Å². The molecule has 1 heterocycles. The van der Waals surface area contributed by atoms with E-state index in [4.69, 9.17) is 14.2 Å². The van der Waals surface area contributed by atoms with Crippen molar-refractivity contribution in [3.8, 4) is 0 Å². The summed E-state index contributed by atoms with van der Waals surface area (Å²) < 4.78 is 16.6. The van der Waals surface area contributed by atoms with Crippen LogP contribution in [0.25, 0.3) is 0 Å². The molecule has 1 aliphatic rings. The van der Waals surface area contributed by atoms with E-state index in [9.17, 15) is 0 Å². The van der Waals surface area contributed by atoms with E-state index in [0.29, 0.717) is 5.92 Å². The van der Waals surface area contributed by atoms with Crippen LogP contribution < -0.4 is 0 Å². The lowest BCUT2D eigenvalue weighted by Gasteiger charge is -2.34. The van der Waals surface area contributed by atoms with E-state index in [2.05, 4.69) is 6.92 Å². The van der Waals surface area contributed by atoms with Gasteiger partial charge in [-0.2, -0.15) is 0 Å². The summed E-state index contributed by atoms with van der Waals surface area (Å²) in [6, 6.07) is 0. The summed E-state index contributed by atoms with van der Waals surface area (Å²) in [7, 11) is 0. The highest BCUT2D eigenvalue weighted by Gasteiger charge is 2.27. The predicted octanol–water partition coefficient (Wildman–Crippen LogP) is 2.59. The first kappa shape index (κ1) is 12.9. The summed E-state index contributed by atoms with van der Waals surface area (Å²) in [5, 5.41) is 0. The van der Waals surface area contributed by atoms with Crippen molar-refractivity contribution in [1.29, 1.82) is 0 Å². The van der Waals surface area contributed by atoms with E-state index in [0.717, 1.165) is 45.7 Å². The minimum atomic E-state index is -0.380. The third-order valence-electron chi connectivity index (χ3n) is 2.58. The predicted molar refractivity (Wildman–Crippen MR) is 59.8 cm³/mol. The van der Waals surface area contributed by atoms with Crippen molar-refractivity contribution in [2.45, 2.75) is 45.8 Å². The third-order valence-corrected chi connectivity index (χ3v) is 2.58. The van der Waals surface area contributed by atoms with Gasteiger partial charge in [-0.15, -0.1) is 0 Å². The van der Waals surface area contributed by atoms with Crippen molar-refractivity contribution in [3.63, 3.8) is 0 Å². The van der Waals surface area contributed by atoms with Crippen LogP contribution in [0.4, 0.5) is 0 Å². The van der Waals surface area contributed by atoms with Crippen molar-refractivity contribution in [2.75, 3.05) is 26.4 Å². The molecule has 0 aromatic rings. The van der Waals surface area contributed by atoms with Crippen molar-refractivity contribution in [2.24, 2.45) is 5.92 Å². The fourth-order valence-corrected chi connectivity index (χ4v) is 1.61. The normalized spacial score (nSPS) is 21.8. The van der Waals surface area contributed by atoms with Gasteiger partial charge in [0.05, 0.1) is 13.2 Å². The number of ether oxygens (including phenoxy) is 3. The van der Waals surface area contributed by atoms with Crippen LogP contribution in [-0.4, -0.2) is 32.2 Å². The molecule has 90 valence electrons. The summed E-state index contributed by atoms with van der Waals surface area (Å²) in [4.78, 5) is 0. The Bertz CT molecular complexity index is 158. The molecule has 1 aliphatic heterocycles. The lowest BCUT2D eigenvalue weighted by atomic mass is 10.0. The lowest BCUT2D eigenvalue weighted by molar-refractivity contribution is -0.262. The zero-order valence-corrected chi connectivity index (χ0v) is 10.3. The minimum Gasteiger partial charge on any atom is -0.381 e. The number of rotatable bonds is 6. The van der Waals surface area contributed by atoms with Crippen LogP contribution in [0.5, 0.6) is 0 Å². The molecule has 1 rings (SSSR count). The molecule has 0 aromatic carbocycles. The zero-order chi connectivity index (χ0) is 11.1. The second-order valence-corrected chi connectivity index (χ2v) is 4.64. The SMILES string of the molecule is CCCOCCCC1COC(C)(C)OC1. The fraction of sp³-hybridized carbons (Fsp3) is 1.00. The molecule has 0 amide bonds. The van der Waals surface area contributed by atoms with E-state index in [1.807, 2.05) is 13.8 Å². The Balaban J connectivity index is 1.99. The summed E-state index contributed by atoms with van der Waals surface area (Å²) in [6.07, 6.45) is 3.35. The van der Waals surface area contributed by atoms with Gasteiger partial charge in [0, 0.05) is 19.1 Å². The van der Waals surface area contributed by atoms with Crippen LogP contribution in [-0.2, 0) is 14.2 Å². The molecule has 0 atom stereocenters. The fourth-order valence-electron chi connectivity index (χ4n) is 1.61. The summed E-state index contributed by atoms with van der Waals surface area (Å²) in [5.41, 5.74) is 0. The number of hydrogen-bond acceptors (Lipinski definition) is 3. The lowest BCUT2D eigenvalue weighted by Crippen LogP contribution is -2.39. The van der Waals surface area contributed by atoms with Gasteiger partial charge in [0.15, 0.2) is 5.79 Å². The first-order chi connectivity index (χ1) is 7.14. The number of hydrogen-bond donors (Lipinski definition) is 0. The summed E-state index contributed by atoms with van der Waals surface area (Å²) in [5.74, 6) is 0.165. The second kappa shape index (κ2) is 6.46. The van der Waals surface area contributed by atoms with Crippen LogP contribution >= 0.6 is 0 Å². The molecule has 0 N–H and O–H groups in total. The summed E-state index contributed by atoms with van der Waals surface area (Å²) in [6.45, 7) is 9.45. The molecule has 3 heteroatoms. The van der Waals surface area contributed by atoms with Crippen molar-refractivity contribution in [1.82, 2.24) is 0 Å². The van der Waals surface area contributed by atoms with Gasteiger partial charge in [-0.1, -0.05) is 6.92 Å². The molecule has 0 unspecified atom stereocenters. The van der Waals surface area contributed by atoms with E-state index in [1.54, 1.807) is 0 Å². The maximum Gasteiger partial charge on any atom is 0.162 e. The summed E-state index contributed by atoms with van der Waals surface area (Å²) >= 11 is 0. The highest BCUT2D eigenvalue weighted by atomic mass is 16.7. The molecule has 0 radical (unpaired) electrons. The molecule has 0 bridgehead atoms. The van der Waals surface area contributed by atoms with Crippen molar-refractivity contribution in [3.05, 3.63) is 0 Å². The molecule has 0 saturated carbocycles. The van der Waals surface area contributed by atoms with Crippen LogP contribution in [0.15, 0.2) is 0 Å². The Kier molecular flexibility index (Phi) is 5.58. The van der Waals surface area contributed by atoms with Crippen molar-refractivity contribution >= 4 is 0 Å². The Labute approximate surface area is 93.1 Å². The van der Waals surface area contributed by atoms with E-state index < -0.39 is 0 Å². The standard InChI is InChI=1S/C12H24O3/c1-4-7-13-8-5-6-11-9-14-12(2,3)15-10-11/h11H,4-10H2,1-3H3. The van der Waals surface area contributed by atoms with Crippen LogP contribution in [0.2, 0.25) is 0 Å². The van der Waals surface area contributed by atoms with Gasteiger partial charge in [-0.25, -0.2) is 0 Å². The van der Waals surface area contributed by atoms with Gasteiger partial charge in [0.1, 0.15) is 0 Å². The molecule has 0 aromatic heterocycles.